The number of carbonyl (C=O) groups excluding carboxylic acids is 1. The molecule has 1 amide bonds. The minimum absolute atomic E-state index is 0.122. The molecule has 1 unspecified atom stereocenters. The maximum absolute atomic E-state index is 11.8. The number of anilines is 1. The zero-order valence-electron chi connectivity index (χ0n) is 12.6. The second kappa shape index (κ2) is 8.42. The average molecular weight is 281 g/mol. The topological polar surface area (TPSA) is 89.0 Å². The first-order chi connectivity index (χ1) is 9.62. The van der Waals surface area contributed by atoms with Crippen LogP contribution in [0, 0.1) is 0 Å². The van der Waals surface area contributed by atoms with Crippen molar-refractivity contribution >= 4 is 11.9 Å². The lowest BCUT2D eigenvalue weighted by atomic mass is 10.2. The van der Waals surface area contributed by atoms with Crippen molar-refractivity contribution in [3.8, 4) is 0 Å². The maximum atomic E-state index is 11.8. The lowest BCUT2D eigenvalue weighted by Gasteiger charge is -2.14. The molecule has 0 spiro atoms. The molecule has 0 aliphatic rings. The number of hydrogen-bond donors (Lipinski definition) is 2. The van der Waals surface area contributed by atoms with Gasteiger partial charge in [0.1, 0.15) is 6.04 Å². The van der Waals surface area contributed by atoms with Crippen LogP contribution in [0.15, 0.2) is 0 Å². The first-order valence-corrected chi connectivity index (χ1v) is 6.88. The summed E-state index contributed by atoms with van der Waals surface area (Å²) in [6.07, 6.45) is 1.60. The predicted octanol–water partition coefficient (Wildman–Crippen LogP) is 0.559. The molecule has 0 saturated carbocycles. The van der Waals surface area contributed by atoms with E-state index in [0.717, 1.165) is 24.2 Å². The molecule has 0 fully saturated rings. The van der Waals surface area contributed by atoms with E-state index in [1.807, 2.05) is 13.8 Å². The summed E-state index contributed by atoms with van der Waals surface area (Å²) in [6, 6.07) is -0.425. The molecule has 112 valence electrons. The van der Waals surface area contributed by atoms with Gasteiger partial charge in [-0.25, -0.2) is 4.98 Å². The lowest BCUT2D eigenvalue weighted by molar-refractivity contribution is -0.121. The van der Waals surface area contributed by atoms with Gasteiger partial charge in [0.15, 0.2) is 0 Å². The van der Waals surface area contributed by atoms with E-state index >= 15 is 0 Å². The second-order valence-electron chi connectivity index (χ2n) is 4.39. The number of nitrogens with one attached hydrogen (secondary N) is 2. The number of aryl methyl sites for hydroxylation is 2. The Balaban J connectivity index is 2.61. The summed E-state index contributed by atoms with van der Waals surface area (Å²) in [7, 11) is 1.59. The highest BCUT2D eigenvalue weighted by Crippen LogP contribution is 2.07. The van der Waals surface area contributed by atoms with Gasteiger partial charge in [0.2, 0.25) is 11.9 Å². The van der Waals surface area contributed by atoms with Crippen molar-refractivity contribution in [2.75, 3.05) is 25.6 Å². The van der Waals surface area contributed by atoms with E-state index in [9.17, 15) is 4.79 Å². The monoisotopic (exact) mass is 281 g/mol. The Labute approximate surface area is 119 Å². The summed E-state index contributed by atoms with van der Waals surface area (Å²) in [5, 5.41) is 13.8. The van der Waals surface area contributed by atoms with Crippen LogP contribution in [-0.2, 0) is 22.4 Å². The summed E-state index contributed by atoms with van der Waals surface area (Å²) in [5.41, 5.74) is 1.81. The SMILES string of the molecule is CCc1nnc(NC(C)C(=O)NCCOC)nc1CC. The number of ether oxygens (including phenoxy) is 1. The van der Waals surface area contributed by atoms with Crippen LogP contribution >= 0.6 is 0 Å². The largest absolute Gasteiger partial charge is 0.383 e. The summed E-state index contributed by atoms with van der Waals surface area (Å²) in [4.78, 5) is 16.2. The number of rotatable bonds is 8. The highest BCUT2D eigenvalue weighted by Gasteiger charge is 2.14. The Hall–Kier alpha value is -1.76. The third-order valence-corrected chi connectivity index (χ3v) is 2.85. The molecule has 0 aromatic carbocycles. The van der Waals surface area contributed by atoms with Gasteiger partial charge in [0, 0.05) is 13.7 Å². The van der Waals surface area contributed by atoms with Crippen LogP contribution < -0.4 is 10.6 Å². The van der Waals surface area contributed by atoms with Gasteiger partial charge in [-0.05, 0) is 19.8 Å². The Morgan fingerprint density at radius 2 is 1.95 bits per heavy atom. The molecule has 20 heavy (non-hydrogen) atoms. The molecule has 0 saturated heterocycles. The number of aromatic nitrogens is 3. The van der Waals surface area contributed by atoms with Crippen molar-refractivity contribution in [3.05, 3.63) is 11.4 Å². The van der Waals surface area contributed by atoms with Gasteiger partial charge in [-0.2, -0.15) is 5.10 Å². The number of amides is 1. The van der Waals surface area contributed by atoms with E-state index in [1.54, 1.807) is 14.0 Å². The van der Waals surface area contributed by atoms with Crippen molar-refractivity contribution < 1.29 is 9.53 Å². The van der Waals surface area contributed by atoms with Gasteiger partial charge in [0.25, 0.3) is 0 Å². The van der Waals surface area contributed by atoms with E-state index in [2.05, 4.69) is 25.8 Å². The van der Waals surface area contributed by atoms with Crippen LogP contribution in [0.2, 0.25) is 0 Å². The summed E-state index contributed by atoms with van der Waals surface area (Å²) >= 11 is 0. The standard InChI is InChI=1S/C13H23N5O2/c1-5-10-11(6-2)17-18-13(16-10)15-9(3)12(19)14-7-8-20-4/h9H,5-8H2,1-4H3,(H,14,19)(H,15,16,18). The second-order valence-corrected chi connectivity index (χ2v) is 4.39. The molecule has 1 rings (SSSR count). The molecule has 7 nitrogen and oxygen atoms in total. The van der Waals surface area contributed by atoms with Crippen LogP contribution in [0.4, 0.5) is 5.95 Å². The average Bonchev–Trinajstić information content (AvgIpc) is 2.47. The van der Waals surface area contributed by atoms with Gasteiger partial charge in [0.05, 0.1) is 18.0 Å². The predicted molar refractivity (Wildman–Crippen MR) is 76.6 cm³/mol. The summed E-state index contributed by atoms with van der Waals surface area (Å²) < 4.78 is 4.88. The first-order valence-electron chi connectivity index (χ1n) is 6.88. The fourth-order valence-electron chi connectivity index (χ4n) is 1.69. The van der Waals surface area contributed by atoms with Gasteiger partial charge >= 0.3 is 0 Å². The number of methoxy groups -OCH3 is 1. The molecule has 0 aliphatic heterocycles. The van der Waals surface area contributed by atoms with Crippen LogP contribution in [0.1, 0.15) is 32.2 Å². The number of nitrogens with zero attached hydrogens (tertiary/aromatic N) is 3. The molecule has 1 aromatic heterocycles. The number of carbonyl (C=O) groups is 1. The molecular weight excluding hydrogens is 258 g/mol. The zero-order valence-corrected chi connectivity index (χ0v) is 12.6. The highest BCUT2D eigenvalue weighted by molar-refractivity contribution is 5.83. The molecular formula is C13H23N5O2. The van der Waals surface area contributed by atoms with Crippen molar-refractivity contribution in [2.45, 2.75) is 39.7 Å². The van der Waals surface area contributed by atoms with Crippen LogP contribution in [0.5, 0.6) is 0 Å². The van der Waals surface area contributed by atoms with E-state index in [-0.39, 0.29) is 5.91 Å². The first kappa shape index (κ1) is 16.3. The molecule has 1 atom stereocenters. The summed E-state index contributed by atoms with van der Waals surface area (Å²) in [5.74, 6) is 0.261. The van der Waals surface area contributed by atoms with Crippen molar-refractivity contribution in [1.29, 1.82) is 0 Å². The third-order valence-electron chi connectivity index (χ3n) is 2.85. The molecule has 1 aromatic rings. The van der Waals surface area contributed by atoms with Crippen LogP contribution in [0.3, 0.4) is 0 Å². The van der Waals surface area contributed by atoms with E-state index in [0.29, 0.717) is 19.1 Å². The Morgan fingerprint density at radius 3 is 2.55 bits per heavy atom. The Kier molecular flexibility index (Phi) is 6.86. The van der Waals surface area contributed by atoms with Crippen LogP contribution in [0.25, 0.3) is 0 Å². The van der Waals surface area contributed by atoms with Crippen molar-refractivity contribution in [3.63, 3.8) is 0 Å². The minimum Gasteiger partial charge on any atom is -0.383 e. The molecule has 2 N–H and O–H groups in total. The Bertz CT molecular complexity index is 439. The van der Waals surface area contributed by atoms with E-state index in [1.165, 1.54) is 0 Å². The molecule has 1 heterocycles. The zero-order chi connectivity index (χ0) is 15.0. The smallest absolute Gasteiger partial charge is 0.243 e. The third kappa shape index (κ3) is 4.73. The van der Waals surface area contributed by atoms with Crippen LogP contribution in [-0.4, -0.2) is 47.4 Å². The quantitative estimate of drug-likeness (QED) is 0.677. The summed E-state index contributed by atoms with van der Waals surface area (Å²) in [6.45, 7) is 6.76. The van der Waals surface area contributed by atoms with Gasteiger partial charge in [-0.1, -0.05) is 13.8 Å². The van der Waals surface area contributed by atoms with E-state index < -0.39 is 6.04 Å². The maximum Gasteiger partial charge on any atom is 0.243 e. The fraction of sp³-hybridized carbons (Fsp3) is 0.692. The van der Waals surface area contributed by atoms with Crippen molar-refractivity contribution in [2.24, 2.45) is 0 Å². The molecule has 0 bridgehead atoms. The van der Waals surface area contributed by atoms with Gasteiger partial charge in [-0.3, -0.25) is 4.79 Å². The van der Waals surface area contributed by atoms with Gasteiger partial charge in [-0.15, -0.1) is 5.10 Å². The molecule has 7 heteroatoms. The minimum atomic E-state index is -0.425. The fourth-order valence-corrected chi connectivity index (χ4v) is 1.69. The highest BCUT2D eigenvalue weighted by atomic mass is 16.5. The van der Waals surface area contributed by atoms with Crippen molar-refractivity contribution in [1.82, 2.24) is 20.5 Å². The van der Waals surface area contributed by atoms with E-state index in [4.69, 9.17) is 4.74 Å². The molecule has 0 aliphatic carbocycles. The van der Waals surface area contributed by atoms with Gasteiger partial charge < -0.3 is 15.4 Å². The molecule has 0 radical (unpaired) electrons. The normalized spacial score (nSPS) is 12.0. The number of hydrogen-bond acceptors (Lipinski definition) is 6. The lowest BCUT2D eigenvalue weighted by Crippen LogP contribution is -2.39. The Morgan fingerprint density at radius 1 is 1.25 bits per heavy atom.